The van der Waals surface area contributed by atoms with Crippen LogP contribution >= 0.6 is 0 Å². The molecule has 1 aliphatic rings. The molecular weight excluding hydrogens is 541 g/mol. The number of hydrogen-bond acceptors (Lipinski definition) is 7. The lowest BCUT2D eigenvalue weighted by molar-refractivity contribution is -0.114. The lowest BCUT2D eigenvalue weighted by atomic mass is 10.1. The molecule has 1 aromatic heterocycles. The van der Waals surface area contributed by atoms with Crippen molar-refractivity contribution in [3.05, 3.63) is 102 Å². The highest BCUT2D eigenvalue weighted by atomic mass is 32.2. The number of ether oxygens (including phenoxy) is 2. The van der Waals surface area contributed by atoms with Gasteiger partial charge in [0.2, 0.25) is 5.91 Å². The minimum atomic E-state index is -4.37. The van der Waals surface area contributed by atoms with Gasteiger partial charge in [0.05, 0.1) is 34.6 Å². The Morgan fingerprint density at radius 3 is 2.48 bits per heavy atom. The van der Waals surface area contributed by atoms with Crippen molar-refractivity contribution in [1.82, 2.24) is 5.32 Å². The van der Waals surface area contributed by atoms with E-state index in [1.165, 1.54) is 48.7 Å². The summed E-state index contributed by atoms with van der Waals surface area (Å²) in [5.74, 6) is -0.730. The monoisotopic (exact) mass is 565 g/mol. The largest absolute Gasteiger partial charge is 0.486 e. The summed E-state index contributed by atoms with van der Waals surface area (Å²) in [7, 11) is -4.37. The fraction of sp³-hybridized carbons (Fsp3) is 0.143. The van der Waals surface area contributed by atoms with Gasteiger partial charge in [0.25, 0.3) is 15.9 Å². The van der Waals surface area contributed by atoms with Gasteiger partial charge in [-0.3, -0.25) is 13.9 Å². The fourth-order valence-corrected chi connectivity index (χ4v) is 5.47. The van der Waals surface area contributed by atoms with Crippen molar-refractivity contribution in [3.63, 3.8) is 0 Å². The van der Waals surface area contributed by atoms with Gasteiger partial charge in [-0.2, -0.15) is 0 Å². The molecule has 5 rings (SSSR count). The van der Waals surface area contributed by atoms with Crippen molar-refractivity contribution in [2.75, 3.05) is 29.4 Å². The number of carbonyl (C=O) groups excluding carboxylic acids is 2. The van der Waals surface area contributed by atoms with Crippen molar-refractivity contribution < 1.29 is 36.3 Å². The molecule has 12 heteroatoms. The maximum Gasteiger partial charge on any atom is 0.264 e. The molecule has 0 bridgehead atoms. The van der Waals surface area contributed by atoms with Gasteiger partial charge in [-0.15, -0.1) is 0 Å². The highest BCUT2D eigenvalue weighted by molar-refractivity contribution is 7.92. The van der Waals surface area contributed by atoms with E-state index in [-0.39, 0.29) is 40.7 Å². The summed E-state index contributed by atoms with van der Waals surface area (Å²) >= 11 is 0. The summed E-state index contributed by atoms with van der Waals surface area (Å²) in [6.07, 6.45) is 1.49. The first kappa shape index (κ1) is 26.8. The van der Waals surface area contributed by atoms with E-state index >= 15 is 0 Å². The molecule has 1 aliphatic heterocycles. The minimum Gasteiger partial charge on any atom is -0.486 e. The molecule has 0 unspecified atom stereocenters. The van der Waals surface area contributed by atoms with Crippen LogP contribution in [0.5, 0.6) is 11.5 Å². The highest BCUT2D eigenvalue weighted by Crippen LogP contribution is 2.34. The van der Waals surface area contributed by atoms with Gasteiger partial charge in [-0.25, -0.2) is 12.8 Å². The van der Waals surface area contributed by atoms with Crippen LogP contribution < -0.4 is 24.4 Å². The second-order valence-corrected chi connectivity index (χ2v) is 10.5. The number of amides is 2. The third-order valence-corrected chi connectivity index (χ3v) is 7.70. The first-order valence-corrected chi connectivity index (χ1v) is 13.6. The Morgan fingerprint density at radius 1 is 0.900 bits per heavy atom. The number of sulfonamides is 1. The number of halogens is 1. The van der Waals surface area contributed by atoms with Crippen LogP contribution in [0.3, 0.4) is 0 Å². The molecule has 4 aromatic rings. The number of benzene rings is 3. The molecule has 2 heterocycles. The van der Waals surface area contributed by atoms with Gasteiger partial charge in [0.1, 0.15) is 31.3 Å². The third kappa shape index (κ3) is 5.91. The Kier molecular flexibility index (Phi) is 7.69. The maximum atomic E-state index is 14.1. The number of rotatable bonds is 9. The zero-order valence-electron chi connectivity index (χ0n) is 21.0. The molecule has 3 aromatic carbocycles. The van der Waals surface area contributed by atoms with Gasteiger partial charge in [0, 0.05) is 6.07 Å². The predicted molar refractivity (Wildman–Crippen MR) is 143 cm³/mol. The SMILES string of the molecule is O=C(CN(c1cccc(F)c1)S(=O)(=O)c1ccc2c(c1)OCCO2)Nc1ccccc1C(=O)NCc1ccco1. The number of anilines is 2. The number of hydrogen-bond donors (Lipinski definition) is 2. The normalized spacial score (nSPS) is 12.4. The average Bonchev–Trinajstić information content (AvgIpc) is 3.48. The molecule has 10 nitrogen and oxygen atoms in total. The zero-order chi connectivity index (χ0) is 28.1. The second-order valence-electron chi connectivity index (χ2n) is 8.65. The van der Waals surface area contributed by atoms with Crippen LogP contribution in [-0.4, -0.2) is 40.0 Å². The minimum absolute atomic E-state index is 0.0606. The van der Waals surface area contributed by atoms with E-state index in [1.807, 2.05) is 0 Å². The molecule has 0 fully saturated rings. The van der Waals surface area contributed by atoms with Crippen molar-refractivity contribution in [1.29, 1.82) is 0 Å². The van der Waals surface area contributed by atoms with Crippen LogP contribution in [0.4, 0.5) is 15.8 Å². The lowest BCUT2D eigenvalue weighted by Gasteiger charge is -2.25. The number of carbonyl (C=O) groups is 2. The summed E-state index contributed by atoms with van der Waals surface area (Å²) in [6, 6.07) is 18.7. The highest BCUT2D eigenvalue weighted by Gasteiger charge is 2.29. The van der Waals surface area contributed by atoms with Crippen LogP contribution in [0, 0.1) is 5.82 Å². The van der Waals surface area contributed by atoms with Crippen molar-refractivity contribution in [3.8, 4) is 11.5 Å². The van der Waals surface area contributed by atoms with Crippen LogP contribution in [0.2, 0.25) is 0 Å². The van der Waals surface area contributed by atoms with Crippen molar-refractivity contribution >= 4 is 33.2 Å². The summed E-state index contributed by atoms with van der Waals surface area (Å²) in [5, 5.41) is 5.31. The van der Waals surface area contributed by atoms with E-state index in [4.69, 9.17) is 13.9 Å². The molecule has 0 radical (unpaired) electrons. The van der Waals surface area contributed by atoms with Gasteiger partial charge < -0.3 is 24.5 Å². The summed E-state index contributed by atoms with van der Waals surface area (Å²) < 4.78 is 58.6. The van der Waals surface area contributed by atoms with Crippen LogP contribution in [-0.2, 0) is 21.4 Å². The molecule has 2 N–H and O–H groups in total. The Hall–Kier alpha value is -4.84. The summed E-state index contributed by atoms with van der Waals surface area (Å²) in [4.78, 5) is 25.8. The quantitative estimate of drug-likeness (QED) is 0.315. The molecular formula is C28H24FN3O7S. The molecule has 0 spiro atoms. The maximum absolute atomic E-state index is 14.1. The number of fused-ring (bicyclic) bond motifs is 1. The molecule has 2 amide bonds. The average molecular weight is 566 g/mol. The molecule has 0 saturated heterocycles. The van der Waals surface area contributed by atoms with E-state index in [2.05, 4.69) is 10.6 Å². The lowest BCUT2D eigenvalue weighted by Crippen LogP contribution is -2.38. The molecule has 40 heavy (non-hydrogen) atoms. The Morgan fingerprint density at radius 2 is 1.70 bits per heavy atom. The van der Waals surface area contributed by atoms with E-state index in [0.29, 0.717) is 18.1 Å². The predicted octanol–water partition coefficient (Wildman–Crippen LogP) is 3.95. The standard InChI is InChI=1S/C28H24FN3O7S/c29-19-5-3-6-20(15-19)32(40(35,36)22-10-11-25-26(16-22)39-14-13-38-25)18-27(33)31-24-9-2-1-8-23(24)28(34)30-17-21-7-4-12-37-21/h1-12,15-16H,13-14,17-18H2,(H,30,34)(H,31,33). The third-order valence-electron chi connectivity index (χ3n) is 5.93. The van der Waals surface area contributed by atoms with Gasteiger partial charge in [-0.05, 0) is 54.6 Å². The van der Waals surface area contributed by atoms with Crippen LogP contribution in [0.15, 0.2) is 94.4 Å². The first-order chi connectivity index (χ1) is 19.3. The van der Waals surface area contributed by atoms with Gasteiger partial charge in [-0.1, -0.05) is 18.2 Å². The molecule has 0 saturated carbocycles. The number of nitrogens with one attached hydrogen (secondary N) is 2. The van der Waals surface area contributed by atoms with E-state index in [0.717, 1.165) is 16.4 Å². The molecule has 206 valence electrons. The topological polar surface area (TPSA) is 127 Å². The Labute approximate surface area is 229 Å². The van der Waals surface area contributed by atoms with E-state index in [9.17, 15) is 22.4 Å². The van der Waals surface area contributed by atoms with E-state index in [1.54, 1.807) is 24.3 Å². The number of nitrogens with zero attached hydrogens (tertiary/aromatic N) is 1. The molecule has 0 aliphatic carbocycles. The summed E-state index contributed by atoms with van der Waals surface area (Å²) in [5.41, 5.74) is 0.268. The van der Waals surface area contributed by atoms with Crippen LogP contribution in [0.25, 0.3) is 0 Å². The van der Waals surface area contributed by atoms with E-state index < -0.39 is 34.2 Å². The van der Waals surface area contributed by atoms with Crippen molar-refractivity contribution in [2.45, 2.75) is 11.4 Å². The van der Waals surface area contributed by atoms with Crippen LogP contribution in [0.1, 0.15) is 16.1 Å². The smallest absolute Gasteiger partial charge is 0.264 e. The summed E-state index contributed by atoms with van der Waals surface area (Å²) in [6.45, 7) is 0.00979. The Balaban J connectivity index is 1.40. The molecule has 0 atom stereocenters. The number of furan rings is 1. The zero-order valence-corrected chi connectivity index (χ0v) is 21.8. The van der Waals surface area contributed by atoms with Gasteiger partial charge in [0.15, 0.2) is 11.5 Å². The first-order valence-electron chi connectivity index (χ1n) is 12.2. The fourth-order valence-electron chi connectivity index (χ4n) is 4.04. The van der Waals surface area contributed by atoms with Gasteiger partial charge >= 0.3 is 0 Å². The van der Waals surface area contributed by atoms with Crippen molar-refractivity contribution in [2.24, 2.45) is 0 Å². The Bertz CT molecular complexity index is 1640. The second kappa shape index (κ2) is 11.5. The number of para-hydroxylation sites is 1.